The van der Waals surface area contributed by atoms with Crippen LogP contribution in [0.4, 0.5) is 0 Å². The lowest BCUT2D eigenvalue weighted by molar-refractivity contribution is 0.242. The van der Waals surface area contributed by atoms with E-state index in [9.17, 15) is 0 Å². The molecule has 0 aromatic rings. The molecule has 0 spiro atoms. The van der Waals surface area contributed by atoms with Gasteiger partial charge in [0.25, 0.3) is 0 Å². The van der Waals surface area contributed by atoms with Gasteiger partial charge in [0.15, 0.2) is 0 Å². The summed E-state index contributed by atoms with van der Waals surface area (Å²) in [5.74, 6) is 0.699. The molecule has 0 amide bonds. The first-order valence-corrected chi connectivity index (χ1v) is 4.90. The topological polar surface area (TPSA) is 12.0 Å². The van der Waals surface area contributed by atoms with Crippen LogP contribution in [-0.2, 0) is 0 Å². The zero-order chi connectivity index (χ0) is 9.61. The molecule has 0 rings (SSSR count). The Bertz CT molecular complexity index is 139. The minimum Gasteiger partial charge on any atom is -0.313 e. The summed E-state index contributed by atoms with van der Waals surface area (Å²) in [6.07, 6.45) is 1.91. The van der Waals surface area contributed by atoms with Crippen LogP contribution < -0.4 is 5.32 Å². The highest BCUT2D eigenvalue weighted by molar-refractivity contribution is 6.25. The predicted molar refractivity (Wildman–Crippen MR) is 56.5 cm³/mol. The van der Waals surface area contributed by atoms with Crippen molar-refractivity contribution < 1.29 is 0 Å². The molecule has 0 saturated heterocycles. The summed E-state index contributed by atoms with van der Waals surface area (Å²) < 4.78 is 0. The van der Waals surface area contributed by atoms with Crippen molar-refractivity contribution in [1.29, 1.82) is 0 Å². The Morgan fingerprint density at radius 3 is 2.42 bits per heavy atom. The van der Waals surface area contributed by atoms with Crippen LogP contribution in [-0.4, -0.2) is 13.1 Å². The molecule has 0 aliphatic rings. The van der Waals surface area contributed by atoms with Gasteiger partial charge < -0.3 is 5.32 Å². The van der Waals surface area contributed by atoms with Gasteiger partial charge in [0.2, 0.25) is 0 Å². The van der Waals surface area contributed by atoms with Crippen molar-refractivity contribution in [3.8, 4) is 0 Å². The van der Waals surface area contributed by atoms with Crippen molar-refractivity contribution in [2.24, 2.45) is 11.3 Å². The van der Waals surface area contributed by atoms with Crippen LogP contribution in [0, 0.1) is 11.3 Å². The van der Waals surface area contributed by atoms with Gasteiger partial charge in [-0.25, -0.2) is 0 Å². The van der Waals surface area contributed by atoms with E-state index in [1.807, 2.05) is 6.08 Å². The van der Waals surface area contributed by atoms with Crippen LogP contribution >= 0.6 is 11.6 Å². The number of halogens is 1. The Kier molecular flexibility index (Phi) is 5.60. The molecule has 0 aliphatic carbocycles. The van der Waals surface area contributed by atoms with Gasteiger partial charge in [0.1, 0.15) is 0 Å². The molecule has 1 N–H and O–H groups in total. The molecule has 12 heavy (non-hydrogen) atoms. The molecule has 0 fully saturated rings. The van der Waals surface area contributed by atoms with Crippen LogP contribution in [0.5, 0.6) is 0 Å². The second kappa shape index (κ2) is 5.60. The van der Waals surface area contributed by atoms with Gasteiger partial charge in [0, 0.05) is 18.6 Å². The SMILES string of the molecule is CC(C)C(C)(C)CNC/C=C/Cl. The van der Waals surface area contributed by atoms with Gasteiger partial charge in [-0.3, -0.25) is 0 Å². The Balaban J connectivity index is 3.61. The first-order chi connectivity index (χ1) is 5.50. The summed E-state index contributed by atoms with van der Waals surface area (Å²) in [7, 11) is 0. The minimum absolute atomic E-state index is 0.361. The highest BCUT2D eigenvalue weighted by Gasteiger charge is 2.20. The first-order valence-electron chi connectivity index (χ1n) is 4.46. The smallest absolute Gasteiger partial charge is 0.0146 e. The van der Waals surface area contributed by atoms with Gasteiger partial charge in [0.05, 0.1) is 0 Å². The molecule has 0 aromatic heterocycles. The fraction of sp³-hybridized carbons (Fsp3) is 0.800. The lowest BCUT2D eigenvalue weighted by Crippen LogP contribution is -2.33. The number of hydrogen-bond acceptors (Lipinski definition) is 1. The molecule has 0 heterocycles. The molecule has 0 aromatic carbocycles. The molecule has 0 saturated carbocycles. The maximum atomic E-state index is 5.39. The van der Waals surface area contributed by atoms with E-state index >= 15 is 0 Å². The van der Waals surface area contributed by atoms with Crippen molar-refractivity contribution in [1.82, 2.24) is 5.32 Å². The van der Waals surface area contributed by atoms with E-state index in [0.717, 1.165) is 13.1 Å². The van der Waals surface area contributed by atoms with Crippen molar-refractivity contribution >= 4 is 11.6 Å². The minimum atomic E-state index is 0.361. The van der Waals surface area contributed by atoms with Crippen molar-refractivity contribution in [2.75, 3.05) is 13.1 Å². The van der Waals surface area contributed by atoms with Gasteiger partial charge >= 0.3 is 0 Å². The van der Waals surface area contributed by atoms with E-state index in [1.165, 1.54) is 0 Å². The molecule has 72 valence electrons. The first kappa shape index (κ1) is 12.0. The molecule has 1 nitrogen and oxygen atoms in total. The third kappa shape index (κ3) is 4.78. The highest BCUT2D eigenvalue weighted by Crippen LogP contribution is 2.24. The average Bonchev–Trinajstić information content (AvgIpc) is 1.98. The molecule has 0 bridgehead atoms. The second-order valence-electron chi connectivity index (χ2n) is 4.14. The summed E-state index contributed by atoms with van der Waals surface area (Å²) in [5, 5.41) is 3.34. The largest absolute Gasteiger partial charge is 0.313 e. The van der Waals surface area contributed by atoms with Crippen LogP contribution in [0.1, 0.15) is 27.7 Å². The summed E-state index contributed by atoms with van der Waals surface area (Å²) in [6.45, 7) is 10.9. The Morgan fingerprint density at radius 2 is 2.00 bits per heavy atom. The quantitative estimate of drug-likeness (QED) is 0.656. The van der Waals surface area contributed by atoms with E-state index in [4.69, 9.17) is 11.6 Å². The second-order valence-corrected chi connectivity index (χ2v) is 4.39. The third-order valence-electron chi connectivity index (χ3n) is 2.49. The Morgan fingerprint density at radius 1 is 1.42 bits per heavy atom. The highest BCUT2D eigenvalue weighted by atomic mass is 35.5. The number of rotatable bonds is 5. The summed E-state index contributed by atoms with van der Waals surface area (Å²) in [6, 6.07) is 0. The van der Waals surface area contributed by atoms with Crippen molar-refractivity contribution in [3.05, 3.63) is 11.6 Å². The average molecular weight is 190 g/mol. The van der Waals surface area contributed by atoms with Crippen molar-refractivity contribution in [3.63, 3.8) is 0 Å². The molecule has 0 aliphatic heterocycles. The van der Waals surface area contributed by atoms with Crippen LogP contribution in [0.3, 0.4) is 0 Å². The van der Waals surface area contributed by atoms with Gasteiger partial charge in [-0.1, -0.05) is 45.4 Å². The van der Waals surface area contributed by atoms with E-state index in [0.29, 0.717) is 11.3 Å². The Labute approximate surface area is 81.2 Å². The summed E-state index contributed by atoms with van der Waals surface area (Å²) in [4.78, 5) is 0. The summed E-state index contributed by atoms with van der Waals surface area (Å²) in [5.41, 5.74) is 1.91. The van der Waals surface area contributed by atoms with Gasteiger partial charge in [-0.05, 0) is 11.3 Å². The molecule has 0 atom stereocenters. The molecule has 2 heteroatoms. The lowest BCUT2D eigenvalue weighted by atomic mass is 9.81. The van der Waals surface area contributed by atoms with Crippen molar-refractivity contribution in [2.45, 2.75) is 27.7 Å². The molecular weight excluding hydrogens is 170 g/mol. The molecule has 0 unspecified atom stereocenters. The third-order valence-corrected chi connectivity index (χ3v) is 2.67. The van der Waals surface area contributed by atoms with Crippen LogP contribution in [0.25, 0.3) is 0 Å². The zero-order valence-electron chi connectivity index (χ0n) is 8.52. The molecular formula is C10H20ClN. The van der Waals surface area contributed by atoms with E-state index < -0.39 is 0 Å². The Hall–Kier alpha value is -0.0100. The van der Waals surface area contributed by atoms with E-state index in [2.05, 4.69) is 33.0 Å². The standard InChI is InChI=1S/C10H20ClN/c1-9(2)10(3,4)8-12-7-5-6-11/h5-6,9,12H,7-8H2,1-4H3/b6-5+. The maximum Gasteiger partial charge on any atom is 0.0146 e. The lowest BCUT2D eigenvalue weighted by Gasteiger charge is -2.29. The number of hydrogen-bond donors (Lipinski definition) is 1. The fourth-order valence-corrected chi connectivity index (χ4v) is 0.815. The molecule has 0 radical (unpaired) electrons. The monoisotopic (exact) mass is 189 g/mol. The normalized spacial score (nSPS) is 13.2. The van der Waals surface area contributed by atoms with E-state index in [-0.39, 0.29) is 0 Å². The van der Waals surface area contributed by atoms with Gasteiger partial charge in [-0.15, -0.1) is 0 Å². The predicted octanol–water partition coefficient (Wildman–Crippen LogP) is 3.01. The van der Waals surface area contributed by atoms with Crippen LogP contribution in [0.15, 0.2) is 11.6 Å². The zero-order valence-corrected chi connectivity index (χ0v) is 9.28. The van der Waals surface area contributed by atoms with Gasteiger partial charge in [-0.2, -0.15) is 0 Å². The van der Waals surface area contributed by atoms with E-state index in [1.54, 1.807) is 5.54 Å². The number of nitrogens with one attached hydrogen (secondary N) is 1. The fourth-order valence-electron chi connectivity index (χ4n) is 0.726. The maximum absolute atomic E-state index is 5.39. The summed E-state index contributed by atoms with van der Waals surface area (Å²) >= 11 is 5.39. The van der Waals surface area contributed by atoms with Crippen LogP contribution in [0.2, 0.25) is 0 Å².